The van der Waals surface area contributed by atoms with E-state index in [4.69, 9.17) is 10.6 Å². The molecule has 0 heterocycles. The molecule has 0 aromatic heterocycles. The van der Waals surface area contributed by atoms with Crippen LogP contribution in [0, 0.1) is 0 Å². The molecular weight excluding hydrogens is 341 g/mol. The van der Waals surface area contributed by atoms with Gasteiger partial charge in [-0.05, 0) is 30.2 Å². The van der Waals surface area contributed by atoms with Gasteiger partial charge in [0.2, 0.25) is 0 Å². The summed E-state index contributed by atoms with van der Waals surface area (Å²) >= 11 is 3.33. The van der Waals surface area contributed by atoms with Crippen molar-refractivity contribution >= 4 is 15.9 Å². The molecular formula is C12H16BrF3N2O2. The number of hydrazine groups is 1. The predicted molar refractivity (Wildman–Crippen MR) is 72.4 cm³/mol. The molecule has 0 aliphatic carbocycles. The first-order chi connectivity index (χ1) is 9.35. The van der Waals surface area contributed by atoms with E-state index in [1.165, 1.54) is 7.11 Å². The van der Waals surface area contributed by atoms with Gasteiger partial charge in [0.05, 0.1) is 13.7 Å². The summed E-state index contributed by atoms with van der Waals surface area (Å²) < 4.78 is 46.7. The van der Waals surface area contributed by atoms with Crippen LogP contribution in [0.1, 0.15) is 5.56 Å². The molecule has 0 saturated carbocycles. The minimum atomic E-state index is -4.34. The van der Waals surface area contributed by atoms with Gasteiger partial charge in [-0.2, -0.15) is 13.2 Å². The predicted octanol–water partition coefficient (Wildman–Crippen LogP) is 2.41. The van der Waals surface area contributed by atoms with Gasteiger partial charge in [-0.15, -0.1) is 0 Å². The second-order valence-electron chi connectivity index (χ2n) is 4.15. The Morgan fingerprint density at radius 3 is 2.65 bits per heavy atom. The first-order valence-electron chi connectivity index (χ1n) is 5.78. The van der Waals surface area contributed by atoms with Crippen LogP contribution in [0.4, 0.5) is 13.2 Å². The van der Waals surface area contributed by atoms with Gasteiger partial charge in [-0.1, -0.05) is 15.9 Å². The van der Waals surface area contributed by atoms with Crippen LogP contribution in [-0.4, -0.2) is 32.5 Å². The molecule has 0 amide bonds. The van der Waals surface area contributed by atoms with Crippen LogP contribution in [0.25, 0.3) is 0 Å². The van der Waals surface area contributed by atoms with Gasteiger partial charge < -0.3 is 9.47 Å². The molecule has 1 atom stereocenters. The zero-order valence-electron chi connectivity index (χ0n) is 10.8. The summed E-state index contributed by atoms with van der Waals surface area (Å²) in [6, 6.07) is 4.96. The van der Waals surface area contributed by atoms with Crippen molar-refractivity contribution in [1.29, 1.82) is 0 Å². The maximum absolute atomic E-state index is 12.0. The standard InChI is InChI=1S/C12H16BrF3N2O2/c1-19-11-3-2-9(13)4-8(11)5-10(18-17)6-20-7-12(14,15)16/h2-4,10,18H,5-7,17H2,1H3. The molecule has 20 heavy (non-hydrogen) atoms. The van der Waals surface area contributed by atoms with E-state index in [2.05, 4.69) is 26.1 Å². The SMILES string of the molecule is COc1ccc(Br)cc1CC(COCC(F)(F)F)NN. The van der Waals surface area contributed by atoms with E-state index < -0.39 is 18.8 Å². The van der Waals surface area contributed by atoms with E-state index in [1.54, 1.807) is 6.07 Å². The highest BCUT2D eigenvalue weighted by molar-refractivity contribution is 9.10. The zero-order valence-corrected chi connectivity index (χ0v) is 12.4. The van der Waals surface area contributed by atoms with Crippen molar-refractivity contribution < 1.29 is 22.6 Å². The van der Waals surface area contributed by atoms with Gasteiger partial charge in [0, 0.05) is 10.5 Å². The number of nitrogens with two attached hydrogens (primary N) is 1. The van der Waals surface area contributed by atoms with Crippen molar-refractivity contribution in [2.24, 2.45) is 5.84 Å². The Morgan fingerprint density at radius 1 is 1.40 bits per heavy atom. The summed E-state index contributed by atoms with van der Waals surface area (Å²) in [5, 5.41) is 0. The van der Waals surface area contributed by atoms with Crippen molar-refractivity contribution in [3.8, 4) is 5.75 Å². The molecule has 4 nitrogen and oxygen atoms in total. The normalized spacial score (nSPS) is 13.3. The Balaban J connectivity index is 2.62. The van der Waals surface area contributed by atoms with E-state index in [-0.39, 0.29) is 6.61 Å². The quantitative estimate of drug-likeness (QED) is 0.581. The third-order valence-corrected chi connectivity index (χ3v) is 3.02. The van der Waals surface area contributed by atoms with E-state index in [1.807, 2.05) is 12.1 Å². The first kappa shape index (κ1) is 17.2. The van der Waals surface area contributed by atoms with Crippen LogP contribution in [-0.2, 0) is 11.2 Å². The highest BCUT2D eigenvalue weighted by atomic mass is 79.9. The number of benzene rings is 1. The summed E-state index contributed by atoms with van der Waals surface area (Å²) in [5.74, 6) is 5.98. The van der Waals surface area contributed by atoms with Crippen LogP contribution in [0.5, 0.6) is 5.75 Å². The molecule has 0 spiro atoms. The number of rotatable bonds is 7. The Labute approximate surface area is 123 Å². The molecule has 0 bridgehead atoms. The molecule has 1 aromatic rings. The highest BCUT2D eigenvalue weighted by Gasteiger charge is 2.28. The van der Waals surface area contributed by atoms with Gasteiger partial charge in [0.15, 0.2) is 0 Å². The van der Waals surface area contributed by atoms with Crippen LogP contribution in [0.2, 0.25) is 0 Å². The number of halogens is 4. The van der Waals surface area contributed by atoms with E-state index in [0.29, 0.717) is 12.2 Å². The summed E-state index contributed by atoms with van der Waals surface area (Å²) in [6.45, 7) is -1.44. The van der Waals surface area contributed by atoms with Gasteiger partial charge in [-0.25, -0.2) is 0 Å². The smallest absolute Gasteiger partial charge is 0.411 e. The number of ether oxygens (including phenoxy) is 2. The van der Waals surface area contributed by atoms with Crippen LogP contribution < -0.4 is 16.0 Å². The van der Waals surface area contributed by atoms with Crippen LogP contribution in [0.3, 0.4) is 0 Å². The molecule has 1 aromatic carbocycles. The zero-order chi connectivity index (χ0) is 15.2. The summed E-state index contributed by atoms with van der Waals surface area (Å²) in [6.07, 6.45) is -3.95. The lowest BCUT2D eigenvalue weighted by Gasteiger charge is -2.18. The third kappa shape index (κ3) is 6.08. The topological polar surface area (TPSA) is 56.5 Å². The Hall–Kier alpha value is -0.830. The maximum Gasteiger partial charge on any atom is 0.411 e. The fourth-order valence-corrected chi connectivity index (χ4v) is 2.06. The highest BCUT2D eigenvalue weighted by Crippen LogP contribution is 2.24. The van der Waals surface area contributed by atoms with Crippen molar-refractivity contribution in [1.82, 2.24) is 5.43 Å². The molecule has 0 aliphatic rings. The van der Waals surface area contributed by atoms with Gasteiger partial charge in [-0.3, -0.25) is 11.3 Å². The van der Waals surface area contributed by atoms with Crippen LogP contribution in [0.15, 0.2) is 22.7 Å². The molecule has 114 valence electrons. The molecule has 1 rings (SSSR count). The maximum atomic E-state index is 12.0. The molecule has 0 fully saturated rings. The minimum Gasteiger partial charge on any atom is -0.496 e. The average Bonchev–Trinajstić information content (AvgIpc) is 2.36. The first-order valence-corrected chi connectivity index (χ1v) is 6.58. The molecule has 0 aliphatic heterocycles. The summed E-state index contributed by atoms with van der Waals surface area (Å²) in [5.41, 5.74) is 3.26. The number of alkyl halides is 3. The lowest BCUT2D eigenvalue weighted by molar-refractivity contribution is -0.175. The molecule has 0 radical (unpaired) electrons. The van der Waals surface area contributed by atoms with Crippen molar-refractivity contribution in [2.75, 3.05) is 20.3 Å². The monoisotopic (exact) mass is 356 g/mol. The Bertz CT molecular complexity index is 430. The fourth-order valence-electron chi connectivity index (χ4n) is 1.66. The molecule has 1 unspecified atom stereocenters. The van der Waals surface area contributed by atoms with Crippen LogP contribution >= 0.6 is 15.9 Å². The Morgan fingerprint density at radius 2 is 2.10 bits per heavy atom. The number of methoxy groups -OCH3 is 1. The molecule has 0 saturated heterocycles. The van der Waals surface area contributed by atoms with Gasteiger partial charge in [0.1, 0.15) is 12.4 Å². The summed E-state index contributed by atoms with van der Waals surface area (Å²) in [4.78, 5) is 0. The molecule has 8 heteroatoms. The van der Waals surface area contributed by atoms with Gasteiger partial charge in [0.25, 0.3) is 0 Å². The van der Waals surface area contributed by atoms with E-state index in [0.717, 1.165) is 10.0 Å². The molecule has 3 N–H and O–H groups in total. The number of nitrogens with one attached hydrogen (secondary N) is 1. The van der Waals surface area contributed by atoms with Gasteiger partial charge >= 0.3 is 6.18 Å². The lowest BCUT2D eigenvalue weighted by atomic mass is 10.1. The van der Waals surface area contributed by atoms with Crippen molar-refractivity contribution in [3.63, 3.8) is 0 Å². The number of hydrogen-bond acceptors (Lipinski definition) is 4. The van der Waals surface area contributed by atoms with E-state index >= 15 is 0 Å². The number of hydrogen-bond donors (Lipinski definition) is 2. The lowest BCUT2D eigenvalue weighted by Crippen LogP contribution is -2.41. The minimum absolute atomic E-state index is 0.147. The second kappa shape index (κ2) is 7.82. The Kier molecular flexibility index (Phi) is 6.74. The van der Waals surface area contributed by atoms with Crippen molar-refractivity contribution in [2.45, 2.75) is 18.6 Å². The largest absolute Gasteiger partial charge is 0.496 e. The summed E-state index contributed by atoms with van der Waals surface area (Å²) in [7, 11) is 1.53. The third-order valence-electron chi connectivity index (χ3n) is 2.53. The second-order valence-corrected chi connectivity index (χ2v) is 5.07. The average molecular weight is 357 g/mol. The van der Waals surface area contributed by atoms with Crippen molar-refractivity contribution in [3.05, 3.63) is 28.2 Å². The van der Waals surface area contributed by atoms with E-state index in [9.17, 15) is 13.2 Å². The fraction of sp³-hybridized carbons (Fsp3) is 0.500.